The Morgan fingerprint density at radius 3 is 2.94 bits per heavy atom. The average molecular weight is 250 g/mol. The number of aliphatic hydroxyl groups excluding tert-OH is 1. The third-order valence-corrected chi connectivity index (χ3v) is 3.56. The minimum absolute atomic E-state index is 0.0961. The molecule has 1 aliphatic heterocycles. The van der Waals surface area contributed by atoms with Gasteiger partial charge in [0, 0.05) is 12.6 Å². The zero-order valence-corrected chi connectivity index (χ0v) is 11.1. The van der Waals surface area contributed by atoms with Gasteiger partial charge < -0.3 is 20.1 Å². The number of para-hydroxylation sites is 2. The molecule has 0 aromatic heterocycles. The molecule has 100 valence electrons. The Morgan fingerprint density at radius 1 is 1.44 bits per heavy atom. The maximum absolute atomic E-state index is 9.61. The number of ether oxygens (including phenoxy) is 1. The van der Waals surface area contributed by atoms with E-state index in [0.29, 0.717) is 6.04 Å². The van der Waals surface area contributed by atoms with Crippen molar-refractivity contribution in [3.8, 4) is 5.75 Å². The topological polar surface area (TPSA) is 44.7 Å². The van der Waals surface area contributed by atoms with Crippen molar-refractivity contribution in [2.24, 2.45) is 0 Å². The predicted molar refractivity (Wildman–Crippen MR) is 73.3 cm³/mol. The van der Waals surface area contributed by atoms with Gasteiger partial charge in [0.1, 0.15) is 5.75 Å². The normalized spacial score (nSPS) is 24.7. The van der Waals surface area contributed by atoms with Crippen molar-refractivity contribution in [3.63, 3.8) is 0 Å². The van der Waals surface area contributed by atoms with Crippen LogP contribution in [0.5, 0.6) is 5.75 Å². The molecule has 2 N–H and O–H groups in total. The van der Waals surface area contributed by atoms with Crippen LogP contribution in [0.3, 0.4) is 0 Å². The molecular weight excluding hydrogens is 228 g/mol. The van der Waals surface area contributed by atoms with Crippen LogP contribution >= 0.6 is 0 Å². The van der Waals surface area contributed by atoms with E-state index in [9.17, 15) is 5.11 Å². The van der Waals surface area contributed by atoms with E-state index in [1.165, 1.54) is 0 Å². The van der Waals surface area contributed by atoms with Crippen LogP contribution in [0, 0.1) is 0 Å². The number of nitrogens with zero attached hydrogens (tertiary/aromatic N) is 1. The van der Waals surface area contributed by atoms with Crippen molar-refractivity contribution < 1.29 is 9.84 Å². The molecule has 2 unspecified atom stereocenters. The molecule has 1 aromatic carbocycles. The van der Waals surface area contributed by atoms with Crippen molar-refractivity contribution in [2.75, 3.05) is 31.7 Å². The first-order chi connectivity index (χ1) is 8.77. The van der Waals surface area contributed by atoms with Gasteiger partial charge in [-0.05, 0) is 32.0 Å². The van der Waals surface area contributed by atoms with Crippen LogP contribution in [-0.4, -0.2) is 44.0 Å². The van der Waals surface area contributed by atoms with Crippen LogP contribution < -0.4 is 15.0 Å². The van der Waals surface area contributed by atoms with E-state index >= 15 is 0 Å². The van der Waals surface area contributed by atoms with Gasteiger partial charge in [-0.1, -0.05) is 12.1 Å². The van der Waals surface area contributed by atoms with E-state index in [2.05, 4.69) is 23.2 Å². The second-order valence-corrected chi connectivity index (χ2v) is 4.76. The SMILES string of the molecule is COc1ccccc1N1C(C)CCNCC1CO. The van der Waals surface area contributed by atoms with Gasteiger partial charge in [0.15, 0.2) is 0 Å². The number of aliphatic hydroxyl groups is 1. The molecule has 2 rings (SSSR count). The van der Waals surface area contributed by atoms with Crippen LogP contribution in [0.2, 0.25) is 0 Å². The number of hydrogen-bond acceptors (Lipinski definition) is 4. The molecule has 2 atom stereocenters. The summed E-state index contributed by atoms with van der Waals surface area (Å²) in [6.07, 6.45) is 1.06. The average Bonchev–Trinajstić information content (AvgIpc) is 2.60. The van der Waals surface area contributed by atoms with Gasteiger partial charge in [0.2, 0.25) is 0 Å². The van der Waals surface area contributed by atoms with Gasteiger partial charge >= 0.3 is 0 Å². The number of anilines is 1. The summed E-state index contributed by atoms with van der Waals surface area (Å²) in [4.78, 5) is 2.28. The van der Waals surface area contributed by atoms with E-state index < -0.39 is 0 Å². The smallest absolute Gasteiger partial charge is 0.142 e. The van der Waals surface area contributed by atoms with Crippen molar-refractivity contribution in [3.05, 3.63) is 24.3 Å². The maximum atomic E-state index is 9.61. The van der Waals surface area contributed by atoms with E-state index in [1.54, 1.807) is 7.11 Å². The summed E-state index contributed by atoms with van der Waals surface area (Å²) in [6, 6.07) is 8.49. The molecule has 4 heteroatoms. The van der Waals surface area contributed by atoms with Crippen LogP contribution in [0.4, 0.5) is 5.69 Å². The lowest BCUT2D eigenvalue weighted by Gasteiger charge is -2.36. The molecule has 0 radical (unpaired) electrons. The molecule has 0 amide bonds. The minimum atomic E-state index is 0.0961. The number of hydrogen-bond donors (Lipinski definition) is 2. The number of rotatable bonds is 3. The number of methoxy groups -OCH3 is 1. The summed E-state index contributed by atoms with van der Waals surface area (Å²) in [5.41, 5.74) is 1.07. The molecule has 18 heavy (non-hydrogen) atoms. The molecule has 4 nitrogen and oxygen atoms in total. The summed E-state index contributed by atoms with van der Waals surface area (Å²) < 4.78 is 5.44. The molecule has 1 saturated heterocycles. The Bertz CT molecular complexity index is 384. The second-order valence-electron chi connectivity index (χ2n) is 4.76. The van der Waals surface area contributed by atoms with Gasteiger partial charge in [-0.3, -0.25) is 0 Å². The molecule has 1 aliphatic rings. The van der Waals surface area contributed by atoms with Crippen LogP contribution in [0.25, 0.3) is 0 Å². The highest BCUT2D eigenvalue weighted by Crippen LogP contribution is 2.32. The Labute approximate surface area is 109 Å². The van der Waals surface area contributed by atoms with Crippen LogP contribution in [0.1, 0.15) is 13.3 Å². The minimum Gasteiger partial charge on any atom is -0.495 e. The highest BCUT2D eigenvalue weighted by molar-refractivity contribution is 5.60. The highest BCUT2D eigenvalue weighted by atomic mass is 16.5. The lowest BCUT2D eigenvalue weighted by Crippen LogP contribution is -2.46. The summed E-state index contributed by atoms with van der Waals surface area (Å²) in [6.45, 7) is 4.14. The summed E-state index contributed by atoms with van der Waals surface area (Å²) in [7, 11) is 1.69. The van der Waals surface area contributed by atoms with Gasteiger partial charge in [0.05, 0.1) is 25.4 Å². The van der Waals surface area contributed by atoms with Crippen LogP contribution in [-0.2, 0) is 0 Å². The van der Waals surface area contributed by atoms with Gasteiger partial charge in [-0.25, -0.2) is 0 Å². The first kappa shape index (κ1) is 13.2. The molecule has 1 fully saturated rings. The summed E-state index contributed by atoms with van der Waals surface area (Å²) in [5.74, 6) is 0.865. The third-order valence-electron chi connectivity index (χ3n) is 3.56. The molecular formula is C14H22N2O2. The van der Waals surface area contributed by atoms with E-state index in [-0.39, 0.29) is 12.6 Å². The van der Waals surface area contributed by atoms with Crippen molar-refractivity contribution >= 4 is 5.69 Å². The van der Waals surface area contributed by atoms with Gasteiger partial charge in [0.25, 0.3) is 0 Å². The fraction of sp³-hybridized carbons (Fsp3) is 0.571. The fourth-order valence-corrected chi connectivity index (χ4v) is 2.61. The van der Waals surface area contributed by atoms with Gasteiger partial charge in [-0.15, -0.1) is 0 Å². The molecule has 0 aliphatic carbocycles. The Balaban J connectivity index is 2.36. The lowest BCUT2D eigenvalue weighted by molar-refractivity contribution is 0.255. The van der Waals surface area contributed by atoms with Crippen molar-refractivity contribution in [1.29, 1.82) is 0 Å². The maximum Gasteiger partial charge on any atom is 0.142 e. The molecule has 1 aromatic rings. The van der Waals surface area contributed by atoms with E-state index in [0.717, 1.165) is 30.9 Å². The number of nitrogens with one attached hydrogen (secondary N) is 1. The largest absolute Gasteiger partial charge is 0.495 e. The number of benzene rings is 1. The Kier molecular flexibility index (Phi) is 4.44. The second kappa shape index (κ2) is 6.07. The monoisotopic (exact) mass is 250 g/mol. The fourth-order valence-electron chi connectivity index (χ4n) is 2.61. The Morgan fingerprint density at radius 2 is 2.22 bits per heavy atom. The molecule has 1 heterocycles. The zero-order valence-electron chi connectivity index (χ0n) is 11.1. The summed E-state index contributed by atoms with van der Waals surface area (Å²) >= 11 is 0. The zero-order chi connectivity index (χ0) is 13.0. The third kappa shape index (κ3) is 2.60. The predicted octanol–water partition coefficient (Wildman–Crippen LogP) is 1.24. The molecule has 0 bridgehead atoms. The Hall–Kier alpha value is -1.26. The lowest BCUT2D eigenvalue weighted by atomic mass is 10.1. The van der Waals surface area contributed by atoms with Crippen LogP contribution in [0.15, 0.2) is 24.3 Å². The van der Waals surface area contributed by atoms with E-state index in [1.807, 2.05) is 18.2 Å². The molecule has 0 spiro atoms. The quantitative estimate of drug-likeness (QED) is 0.847. The first-order valence-corrected chi connectivity index (χ1v) is 6.51. The summed E-state index contributed by atoms with van der Waals surface area (Å²) in [5, 5.41) is 13.0. The highest BCUT2D eigenvalue weighted by Gasteiger charge is 2.27. The van der Waals surface area contributed by atoms with Crippen molar-refractivity contribution in [2.45, 2.75) is 25.4 Å². The van der Waals surface area contributed by atoms with E-state index in [4.69, 9.17) is 4.74 Å². The van der Waals surface area contributed by atoms with Crippen molar-refractivity contribution in [1.82, 2.24) is 5.32 Å². The standard InChI is InChI=1S/C14H22N2O2/c1-11-7-8-15-9-12(10-17)16(11)13-5-3-4-6-14(13)18-2/h3-6,11-12,15,17H,7-10H2,1-2H3. The van der Waals surface area contributed by atoms with Gasteiger partial charge in [-0.2, -0.15) is 0 Å². The first-order valence-electron chi connectivity index (χ1n) is 6.51. The molecule has 0 saturated carbocycles.